The lowest BCUT2D eigenvalue weighted by Crippen LogP contribution is -2.29. The Kier molecular flexibility index (Phi) is 5.40. The minimum Gasteiger partial charge on any atom is -0.385 e. The van der Waals surface area contributed by atoms with Crippen LogP contribution < -0.4 is 10.6 Å². The lowest BCUT2D eigenvalue weighted by molar-refractivity contribution is 0.0943. The SMILES string of the molecule is CC(C)NC(=O)c1ccc(NCCC(C)(C)C)cc1. The standard InChI is InChI=1S/C16H26N2O/c1-12(2)18-15(19)13-6-8-14(9-7-13)17-11-10-16(3,4)5/h6-9,12,17H,10-11H2,1-5H3,(H,18,19). The number of anilines is 1. The van der Waals surface area contributed by atoms with E-state index in [9.17, 15) is 4.79 Å². The molecule has 0 saturated heterocycles. The van der Waals surface area contributed by atoms with Crippen molar-refractivity contribution in [3.05, 3.63) is 29.8 Å². The fourth-order valence-electron chi connectivity index (χ4n) is 1.67. The largest absolute Gasteiger partial charge is 0.385 e. The second kappa shape index (κ2) is 6.60. The molecule has 1 amide bonds. The van der Waals surface area contributed by atoms with E-state index in [0.717, 1.165) is 18.7 Å². The molecular weight excluding hydrogens is 236 g/mol. The second-order valence-corrected chi connectivity index (χ2v) is 6.44. The first-order valence-electron chi connectivity index (χ1n) is 6.93. The van der Waals surface area contributed by atoms with Gasteiger partial charge in [-0.1, -0.05) is 20.8 Å². The summed E-state index contributed by atoms with van der Waals surface area (Å²) in [4.78, 5) is 11.8. The first kappa shape index (κ1) is 15.5. The highest BCUT2D eigenvalue weighted by molar-refractivity contribution is 5.94. The molecule has 2 N–H and O–H groups in total. The summed E-state index contributed by atoms with van der Waals surface area (Å²) in [7, 11) is 0. The van der Waals surface area contributed by atoms with E-state index < -0.39 is 0 Å². The number of amides is 1. The molecule has 0 unspecified atom stereocenters. The van der Waals surface area contributed by atoms with Gasteiger partial charge in [-0.2, -0.15) is 0 Å². The Bertz CT molecular complexity index is 402. The normalized spacial score (nSPS) is 11.5. The summed E-state index contributed by atoms with van der Waals surface area (Å²) < 4.78 is 0. The van der Waals surface area contributed by atoms with Crippen LogP contribution in [0, 0.1) is 5.41 Å². The summed E-state index contributed by atoms with van der Waals surface area (Å²) in [5, 5.41) is 6.26. The molecule has 0 radical (unpaired) electrons. The van der Waals surface area contributed by atoms with Crippen LogP contribution in [-0.2, 0) is 0 Å². The van der Waals surface area contributed by atoms with Crippen LogP contribution in [0.1, 0.15) is 51.4 Å². The molecular formula is C16H26N2O. The third kappa shape index (κ3) is 6.27. The van der Waals surface area contributed by atoms with Crippen molar-refractivity contribution in [1.82, 2.24) is 5.32 Å². The van der Waals surface area contributed by atoms with Crippen molar-refractivity contribution in [3.8, 4) is 0 Å². The minimum absolute atomic E-state index is 0.0174. The summed E-state index contributed by atoms with van der Waals surface area (Å²) in [5.74, 6) is -0.0174. The van der Waals surface area contributed by atoms with Crippen molar-refractivity contribution >= 4 is 11.6 Å². The second-order valence-electron chi connectivity index (χ2n) is 6.44. The van der Waals surface area contributed by atoms with Crippen molar-refractivity contribution in [2.45, 2.75) is 47.1 Å². The molecule has 106 valence electrons. The molecule has 0 aliphatic heterocycles. The number of rotatable bonds is 5. The molecule has 0 atom stereocenters. The fraction of sp³-hybridized carbons (Fsp3) is 0.562. The zero-order valence-electron chi connectivity index (χ0n) is 12.7. The molecule has 3 nitrogen and oxygen atoms in total. The highest BCUT2D eigenvalue weighted by Crippen LogP contribution is 2.18. The Balaban J connectivity index is 2.50. The molecule has 1 aromatic rings. The number of benzene rings is 1. The molecule has 0 aromatic heterocycles. The smallest absolute Gasteiger partial charge is 0.251 e. The lowest BCUT2D eigenvalue weighted by atomic mass is 9.92. The van der Waals surface area contributed by atoms with Gasteiger partial charge in [0.15, 0.2) is 0 Å². The number of hydrogen-bond donors (Lipinski definition) is 2. The van der Waals surface area contributed by atoms with Gasteiger partial charge in [-0.25, -0.2) is 0 Å². The van der Waals surface area contributed by atoms with E-state index in [1.54, 1.807) is 0 Å². The number of hydrogen-bond acceptors (Lipinski definition) is 2. The molecule has 0 spiro atoms. The zero-order valence-corrected chi connectivity index (χ0v) is 12.7. The fourth-order valence-corrected chi connectivity index (χ4v) is 1.67. The van der Waals surface area contributed by atoms with Crippen molar-refractivity contribution in [2.75, 3.05) is 11.9 Å². The maximum absolute atomic E-state index is 11.8. The maximum atomic E-state index is 11.8. The number of nitrogens with one attached hydrogen (secondary N) is 2. The average molecular weight is 262 g/mol. The van der Waals surface area contributed by atoms with E-state index >= 15 is 0 Å². The molecule has 0 aliphatic rings. The van der Waals surface area contributed by atoms with Crippen molar-refractivity contribution in [3.63, 3.8) is 0 Å². The Hall–Kier alpha value is -1.51. The van der Waals surface area contributed by atoms with Gasteiger partial charge in [0.25, 0.3) is 5.91 Å². The molecule has 0 aliphatic carbocycles. The predicted molar refractivity (Wildman–Crippen MR) is 81.6 cm³/mol. The third-order valence-electron chi connectivity index (χ3n) is 2.77. The van der Waals surface area contributed by atoms with E-state index in [0.29, 0.717) is 11.0 Å². The molecule has 0 bridgehead atoms. The van der Waals surface area contributed by atoms with Gasteiger partial charge in [-0.05, 0) is 49.9 Å². The topological polar surface area (TPSA) is 41.1 Å². The Labute approximate surface area is 116 Å². The van der Waals surface area contributed by atoms with Gasteiger partial charge in [-0.3, -0.25) is 4.79 Å². The lowest BCUT2D eigenvalue weighted by Gasteiger charge is -2.18. The summed E-state index contributed by atoms with van der Waals surface area (Å²) in [6.07, 6.45) is 1.11. The first-order chi connectivity index (χ1) is 8.78. The van der Waals surface area contributed by atoms with Crippen molar-refractivity contribution in [1.29, 1.82) is 0 Å². The van der Waals surface area contributed by atoms with Crippen LogP contribution in [0.25, 0.3) is 0 Å². The van der Waals surface area contributed by atoms with Crippen LogP contribution in [0.5, 0.6) is 0 Å². The summed E-state index contributed by atoms with van der Waals surface area (Å²) in [6, 6.07) is 7.79. The molecule has 1 rings (SSSR count). The highest BCUT2D eigenvalue weighted by atomic mass is 16.1. The van der Waals surface area contributed by atoms with E-state index in [4.69, 9.17) is 0 Å². The van der Waals surface area contributed by atoms with Crippen LogP contribution in [0.2, 0.25) is 0 Å². The predicted octanol–water partition coefficient (Wildman–Crippen LogP) is 3.67. The average Bonchev–Trinajstić information content (AvgIpc) is 2.27. The zero-order chi connectivity index (χ0) is 14.5. The van der Waals surface area contributed by atoms with E-state index in [1.807, 2.05) is 38.1 Å². The van der Waals surface area contributed by atoms with Gasteiger partial charge in [0, 0.05) is 23.8 Å². The number of carbonyl (C=O) groups is 1. The highest BCUT2D eigenvalue weighted by Gasteiger charge is 2.09. The monoisotopic (exact) mass is 262 g/mol. The van der Waals surface area contributed by atoms with Gasteiger partial charge in [0.05, 0.1) is 0 Å². The maximum Gasteiger partial charge on any atom is 0.251 e. The van der Waals surface area contributed by atoms with E-state index in [2.05, 4.69) is 31.4 Å². The summed E-state index contributed by atoms with van der Waals surface area (Å²) >= 11 is 0. The Morgan fingerprint density at radius 2 is 1.74 bits per heavy atom. The van der Waals surface area contributed by atoms with Crippen LogP contribution >= 0.6 is 0 Å². The third-order valence-corrected chi connectivity index (χ3v) is 2.77. The molecule has 0 heterocycles. The number of carbonyl (C=O) groups excluding carboxylic acids is 1. The summed E-state index contributed by atoms with van der Waals surface area (Å²) in [5.41, 5.74) is 2.10. The van der Waals surface area contributed by atoms with Gasteiger partial charge in [0.1, 0.15) is 0 Å². The Morgan fingerprint density at radius 3 is 2.21 bits per heavy atom. The van der Waals surface area contributed by atoms with E-state index in [1.165, 1.54) is 0 Å². The van der Waals surface area contributed by atoms with Crippen LogP contribution in [0.3, 0.4) is 0 Å². The molecule has 3 heteroatoms. The summed E-state index contributed by atoms with van der Waals surface area (Å²) in [6.45, 7) is 11.6. The quantitative estimate of drug-likeness (QED) is 0.850. The first-order valence-corrected chi connectivity index (χ1v) is 6.93. The van der Waals surface area contributed by atoms with Crippen LogP contribution in [0.15, 0.2) is 24.3 Å². The van der Waals surface area contributed by atoms with Gasteiger partial charge in [0.2, 0.25) is 0 Å². The van der Waals surface area contributed by atoms with Crippen molar-refractivity contribution in [2.24, 2.45) is 5.41 Å². The van der Waals surface area contributed by atoms with Gasteiger partial charge < -0.3 is 10.6 Å². The van der Waals surface area contributed by atoms with Crippen LogP contribution in [-0.4, -0.2) is 18.5 Å². The molecule has 1 aromatic carbocycles. The molecule has 0 fully saturated rings. The van der Waals surface area contributed by atoms with Crippen molar-refractivity contribution < 1.29 is 4.79 Å². The van der Waals surface area contributed by atoms with Crippen LogP contribution in [0.4, 0.5) is 5.69 Å². The molecule has 19 heavy (non-hydrogen) atoms. The van der Waals surface area contributed by atoms with Gasteiger partial charge >= 0.3 is 0 Å². The van der Waals surface area contributed by atoms with Gasteiger partial charge in [-0.15, -0.1) is 0 Å². The van der Waals surface area contributed by atoms with E-state index in [-0.39, 0.29) is 11.9 Å². The minimum atomic E-state index is -0.0174. The Morgan fingerprint density at radius 1 is 1.16 bits per heavy atom. The molecule has 0 saturated carbocycles.